The van der Waals surface area contributed by atoms with Crippen LogP contribution in [0.1, 0.15) is 31.7 Å². The molecule has 22 heavy (non-hydrogen) atoms. The zero-order valence-corrected chi connectivity index (χ0v) is 15.4. The van der Waals surface area contributed by atoms with Crippen LogP contribution in [0.3, 0.4) is 0 Å². The van der Waals surface area contributed by atoms with Crippen LogP contribution in [-0.4, -0.2) is 38.9 Å². The molecule has 0 bridgehead atoms. The Hall–Kier alpha value is -0.330. The molecule has 1 aliphatic rings. The Kier molecular flexibility index (Phi) is 7.62. The summed E-state index contributed by atoms with van der Waals surface area (Å²) in [6.45, 7) is 3.15. The minimum atomic E-state index is -3.52. The monoisotopic (exact) mass is 366 g/mol. The molecule has 0 amide bonds. The molecule has 1 saturated heterocycles. The lowest BCUT2D eigenvalue weighted by atomic mass is 10.1. The van der Waals surface area contributed by atoms with Crippen molar-refractivity contribution in [2.24, 2.45) is 0 Å². The Labute approximate surface area is 144 Å². The molecule has 1 aromatic carbocycles. The van der Waals surface area contributed by atoms with Crippen molar-refractivity contribution in [2.45, 2.75) is 43.5 Å². The molecule has 0 spiro atoms. The van der Waals surface area contributed by atoms with Crippen molar-refractivity contribution in [2.75, 3.05) is 20.1 Å². The second-order valence-electron chi connectivity index (χ2n) is 5.51. The van der Waals surface area contributed by atoms with Crippen LogP contribution in [0.4, 0.5) is 0 Å². The lowest BCUT2D eigenvalue weighted by Crippen LogP contribution is -2.46. The highest BCUT2D eigenvalue weighted by molar-refractivity contribution is 7.89. The summed E-state index contributed by atoms with van der Waals surface area (Å²) < 4.78 is 27.2. The molecule has 0 saturated carbocycles. The second kappa shape index (κ2) is 8.50. The van der Waals surface area contributed by atoms with Gasteiger partial charge in [-0.1, -0.05) is 31.0 Å². The van der Waals surface area contributed by atoms with E-state index in [4.69, 9.17) is 11.6 Å². The molecule has 126 valence electrons. The predicted molar refractivity (Wildman–Crippen MR) is 93.5 cm³/mol. The zero-order valence-electron chi connectivity index (χ0n) is 13.0. The van der Waals surface area contributed by atoms with Crippen molar-refractivity contribution in [3.63, 3.8) is 0 Å². The summed E-state index contributed by atoms with van der Waals surface area (Å²) in [5.74, 6) is 0. The van der Waals surface area contributed by atoms with E-state index in [1.54, 1.807) is 16.4 Å². The fraction of sp³-hybridized carbons (Fsp3) is 0.600. The Balaban J connectivity index is 0.00000242. The van der Waals surface area contributed by atoms with Crippen LogP contribution >= 0.6 is 24.0 Å². The highest BCUT2D eigenvalue weighted by Gasteiger charge is 2.31. The molecular weight excluding hydrogens is 343 g/mol. The molecule has 1 unspecified atom stereocenters. The average Bonchev–Trinajstić information content (AvgIpc) is 2.49. The highest BCUT2D eigenvalue weighted by Crippen LogP contribution is 2.28. The summed E-state index contributed by atoms with van der Waals surface area (Å²) in [7, 11) is -1.64. The maximum Gasteiger partial charge on any atom is 0.244 e. The van der Waals surface area contributed by atoms with E-state index in [1.807, 2.05) is 13.1 Å². The van der Waals surface area contributed by atoms with Crippen LogP contribution < -0.4 is 5.32 Å². The third-order valence-corrected chi connectivity index (χ3v) is 6.29. The van der Waals surface area contributed by atoms with Crippen LogP contribution in [0.25, 0.3) is 0 Å². The summed E-state index contributed by atoms with van der Waals surface area (Å²) in [5, 5.41) is 3.47. The fourth-order valence-corrected chi connectivity index (χ4v) is 4.77. The normalized spacial score (nSPS) is 19.7. The third-order valence-electron chi connectivity index (χ3n) is 3.94. The van der Waals surface area contributed by atoms with Crippen LogP contribution in [0.15, 0.2) is 23.1 Å². The quantitative estimate of drug-likeness (QED) is 0.870. The molecule has 1 aliphatic heterocycles. The molecule has 4 nitrogen and oxygen atoms in total. The van der Waals surface area contributed by atoms with Crippen LogP contribution in [0.5, 0.6) is 0 Å². The predicted octanol–water partition coefficient (Wildman–Crippen LogP) is 3.09. The van der Waals surface area contributed by atoms with Gasteiger partial charge in [0.05, 0.1) is 5.02 Å². The number of halogens is 2. The van der Waals surface area contributed by atoms with Crippen molar-refractivity contribution in [1.29, 1.82) is 0 Å². The number of likely N-dealkylation sites (N-methyl/N-ethyl adjacent to an activating group) is 1. The molecule has 1 fully saturated rings. The molecule has 1 atom stereocenters. The molecule has 0 aromatic heterocycles. The van der Waals surface area contributed by atoms with Crippen LogP contribution in [0.2, 0.25) is 5.02 Å². The average molecular weight is 367 g/mol. The van der Waals surface area contributed by atoms with Crippen molar-refractivity contribution in [3.8, 4) is 0 Å². The summed E-state index contributed by atoms with van der Waals surface area (Å²) in [4.78, 5) is 0.242. The van der Waals surface area contributed by atoms with Crippen molar-refractivity contribution >= 4 is 34.0 Å². The Bertz CT molecular complexity index is 593. The first-order valence-corrected chi connectivity index (χ1v) is 9.26. The summed E-state index contributed by atoms with van der Waals surface area (Å²) >= 11 is 6.15. The molecule has 0 radical (unpaired) electrons. The second-order valence-corrected chi connectivity index (χ2v) is 7.82. The van der Waals surface area contributed by atoms with Crippen molar-refractivity contribution in [3.05, 3.63) is 28.8 Å². The number of nitrogens with zero attached hydrogens (tertiary/aromatic N) is 1. The standard InChI is InChI=1S/C15H23ClN2O2S.ClH/c1-3-5-12-7-8-14(16)15(10-12)21(19,20)18-9-4-6-13(11-18)17-2;/h7-8,10,13,17H,3-6,9,11H2,1-2H3;1H. The van der Waals surface area contributed by atoms with Crippen LogP contribution in [-0.2, 0) is 16.4 Å². The Morgan fingerprint density at radius 1 is 1.41 bits per heavy atom. The van der Waals surface area contributed by atoms with Crippen molar-refractivity contribution in [1.82, 2.24) is 9.62 Å². The van der Waals surface area contributed by atoms with Gasteiger partial charge in [0.15, 0.2) is 0 Å². The lowest BCUT2D eigenvalue weighted by molar-refractivity contribution is 0.293. The number of aryl methyl sites for hydroxylation is 1. The first kappa shape index (κ1) is 19.7. The zero-order chi connectivity index (χ0) is 15.5. The van der Waals surface area contributed by atoms with Gasteiger partial charge in [-0.15, -0.1) is 12.4 Å². The van der Waals surface area contributed by atoms with E-state index in [9.17, 15) is 8.42 Å². The van der Waals surface area contributed by atoms with E-state index in [-0.39, 0.29) is 23.3 Å². The number of hydrogen-bond donors (Lipinski definition) is 1. The summed E-state index contributed by atoms with van der Waals surface area (Å²) in [6, 6.07) is 5.53. The van der Waals surface area contributed by atoms with Crippen molar-refractivity contribution < 1.29 is 8.42 Å². The molecule has 0 aliphatic carbocycles. The topological polar surface area (TPSA) is 49.4 Å². The van der Waals surface area contributed by atoms with Gasteiger partial charge in [-0.2, -0.15) is 4.31 Å². The highest BCUT2D eigenvalue weighted by atomic mass is 35.5. The molecule has 7 heteroatoms. The number of benzene rings is 1. The van der Waals surface area contributed by atoms with E-state index >= 15 is 0 Å². The van der Waals surface area contributed by atoms with Crippen LogP contribution in [0, 0.1) is 0 Å². The summed E-state index contributed by atoms with van der Waals surface area (Å²) in [5.41, 5.74) is 1.02. The number of rotatable bonds is 5. The van der Waals surface area contributed by atoms with E-state index in [0.717, 1.165) is 31.2 Å². The molecule has 1 N–H and O–H groups in total. The number of piperidine rings is 1. The van der Waals surface area contributed by atoms with Gasteiger partial charge in [-0.3, -0.25) is 0 Å². The SMILES string of the molecule is CCCc1ccc(Cl)c(S(=O)(=O)N2CCCC(NC)C2)c1.Cl. The number of hydrogen-bond acceptors (Lipinski definition) is 3. The smallest absolute Gasteiger partial charge is 0.244 e. The van der Waals surface area contributed by atoms with E-state index < -0.39 is 10.0 Å². The Morgan fingerprint density at radius 3 is 2.77 bits per heavy atom. The summed E-state index contributed by atoms with van der Waals surface area (Å²) in [6.07, 6.45) is 3.72. The maximum absolute atomic E-state index is 12.8. The van der Waals surface area contributed by atoms with Gasteiger partial charge in [0.25, 0.3) is 0 Å². The van der Waals surface area contributed by atoms with Gasteiger partial charge in [0, 0.05) is 19.1 Å². The molecule has 1 heterocycles. The molecule has 1 aromatic rings. The van der Waals surface area contributed by atoms with E-state index in [1.165, 1.54) is 0 Å². The Morgan fingerprint density at radius 2 is 2.14 bits per heavy atom. The molecular formula is C15H24Cl2N2O2S. The van der Waals surface area contributed by atoms with Gasteiger partial charge in [-0.05, 0) is 44.0 Å². The minimum Gasteiger partial charge on any atom is -0.316 e. The van der Waals surface area contributed by atoms with E-state index in [0.29, 0.717) is 18.1 Å². The van der Waals surface area contributed by atoms with Gasteiger partial charge < -0.3 is 5.32 Å². The number of nitrogens with one attached hydrogen (secondary N) is 1. The van der Waals surface area contributed by atoms with E-state index in [2.05, 4.69) is 12.2 Å². The molecule has 2 rings (SSSR count). The fourth-order valence-electron chi connectivity index (χ4n) is 2.73. The van der Waals surface area contributed by atoms with Gasteiger partial charge in [-0.25, -0.2) is 8.42 Å². The first-order chi connectivity index (χ1) is 9.98. The number of sulfonamides is 1. The lowest BCUT2D eigenvalue weighted by Gasteiger charge is -2.32. The van der Waals surface area contributed by atoms with Gasteiger partial charge >= 0.3 is 0 Å². The third kappa shape index (κ3) is 4.36. The van der Waals surface area contributed by atoms with Gasteiger partial charge in [0.2, 0.25) is 10.0 Å². The first-order valence-electron chi connectivity index (χ1n) is 7.45. The maximum atomic E-state index is 12.8. The minimum absolute atomic E-state index is 0. The van der Waals surface area contributed by atoms with Gasteiger partial charge in [0.1, 0.15) is 4.90 Å². The largest absolute Gasteiger partial charge is 0.316 e.